The third-order valence-electron chi connectivity index (χ3n) is 6.15. The number of nitrogens with zero attached hydrogens (tertiary/aromatic N) is 1. The first-order valence-corrected chi connectivity index (χ1v) is 11.7. The van der Waals surface area contributed by atoms with E-state index >= 15 is 0 Å². The van der Waals surface area contributed by atoms with Gasteiger partial charge in [0.15, 0.2) is 5.96 Å². The van der Waals surface area contributed by atoms with Gasteiger partial charge in [-0.25, -0.2) is 0 Å². The molecule has 6 nitrogen and oxygen atoms in total. The molecular formula is C26H36IN3O3. The van der Waals surface area contributed by atoms with E-state index in [-0.39, 0.29) is 36.2 Å². The number of guanidine groups is 1. The summed E-state index contributed by atoms with van der Waals surface area (Å²) in [7, 11) is 1.80. The Labute approximate surface area is 214 Å². The fourth-order valence-corrected chi connectivity index (χ4v) is 4.60. The second-order valence-electron chi connectivity index (χ2n) is 8.54. The van der Waals surface area contributed by atoms with E-state index in [1.54, 1.807) is 7.05 Å². The fourth-order valence-electron chi connectivity index (χ4n) is 4.60. The molecule has 2 aromatic carbocycles. The molecule has 3 atom stereocenters. The fraction of sp³-hybridized carbons (Fsp3) is 0.500. The highest BCUT2D eigenvalue weighted by molar-refractivity contribution is 14.0. The van der Waals surface area contributed by atoms with Gasteiger partial charge in [0.1, 0.15) is 17.6 Å². The molecule has 0 aromatic heterocycles. The number of nitrogens with one attached hydrogen (secondary N) is 2. The quantitative estimate of drug-likeness (QED) is 0.285. The number of fused-ring (bicyclic) bond motifs is 1. The smallest absolute Gasteiger partial charge is 0.191 e. The number of hydrogen-bond acceptors (Lipinski definition) is 4. The molecule has 0 saturated carbocycles. The van der Waals surface area contributed by atoms with Gasteiger partial charge in [-0.3, -0.25) is 4.99 Å². The van der Waals surface area contributed by atoms with Crippen molar-refractivity contribution in [1.82, 2.24) is 10.6 Å². The largest absolute Gasteiger partial charge is 0.494 e. The van der Waals surface area contributed by atoms with Crippen LogP contribution in [0.25, 0.3) is 0 Å². The number of aliphatic imine (C=N–C) groups is 1. The lowest BCUT2D eigenvalue weighted by Gasteiger charge is -2.32. The molecule has 2 aliphatic rings. The topological polar surface area (TPSA) is 64.1 Å². The number of ether oxygens (including phenoxy) is 3. The Morgan fingerprint density at radius 2 is 2.00 bits per heavy atom. The lowest BCUT2D eigenvalue weighted by molar-refractivity contribution is -0.0265. The third-order valence-corrected chi connectivity index (χ3v) is 6.15. The minimum atomic E-state index is 0. The second-order valence-corrected chi connectivity index (χ2v) is 8.54. The molecule has 180 valence electrons. The molecule has 0 spiro atoms. The molecule has 2 aromatic rings. The van der Waals surface area contributed by atoms with E-state index in [0.717, 1.165) is 55.4 Å². The number of halogens is 1. The number of rotatable bonds is 7. The van der Waals surface area contributed by atoms with Crippen LogP contribution in [-0.4, -0.2) is 38.9 Å². The summed E-state index contributed by atoms with van der Waals surface area (Å²) < 4.78 is 18.0. The van der Waals surface area contributed by atoms with Gasteiger partial charge >= 0.3 is 0 Å². The van der Waals surface area contributed by atoms with Crippen molar-refractivity contribution in [1.29, 1.82) is 0 Å². The maximum atomic E-state index is 6.14. The molecule has 33 heavy (non-hydrogen) atoms. The summed E-state index contributed by atoms with van der Waals surface area (Å²) in [6.07, 6.45) is 3.49. The maximum Gasteiger partial charge on any atom is 0.191 e. The standard InChI is InChI=1S/C26H35N3O3.HI/c1-4-30-23-14-21-13-18(2)32-24(21)15-22(23)17-29-26(27-3)28-16-20-11-8-12-31-25(20)19-9-6-5-7-10-19;/h5-7,9-10,14-15,18,20,25H,4,8,11-13,16-17H2,1-3H3,(H2,27,28,29);1H. The predicted molar refractivity (Wildman–Crippen MR) is 143 cm³/mol. The summed E-state index contributed by atoms with van der Waals surface area (Å²) >= 11 is 0. The molecule has 4 rings (SSSR count). The van der Waals surface area contributed by atoms with E-state index in [1.807, 2.05) is 13.0 Å². The van der Waals surface area contributed by atoms with Gasteiger partial charge in [-0.15, -0.1) is 24.0 Å². The van der Waals surface area contributed by atoms with Crippen LogP contribution in [0.3, 0.4) is 0 Å². The van der Waals surface area contributed by atoms with E-state index in [0.29, 0.717) is 19.1 Å². The average molecular weight is 565 g/mol. The zero-order valence-electron chi connectivity index (χ0n) is 19.8. The summed E-state index contributed by atoms with van der Waals surface area (Å²) in [6.45, 7) is 6.99. The molecular weight excluding hydrogens is 529 g/mol. The highest BCUT2D eigenvalue weighted by atomic mass is 127. The molecule has 0 radical (unpaired) electrons. The van der Waals surface area contributed by atoms with Crippen LogP contribution in [-0.2, 0) is 17.7 Å². The van der Waals surface area contributed by atoms with Gasteiger partial charge in [-0.2, -0.15) is 0 Å². The first kappa shape index (κ1) is 25.6. The van der Waals surface area contributed by atoms with Crippen molar-refractivity contribution in [3.8, 4) is 11.5 Å². The zero-order chi connectivity index (χ0) is 22.3. The number of hydrogen-bond donors (Lipinski definition) is 2. The normalized spacial score (nSPS) is 22.0. The van der Waals surface area contributed by atoms with Gasteiger partial charge in [0.25, 0.3) is 0 Å². The Balaban J connectivity index is 0.00000306. The van der Waals surface area contributed by atoms with Crippen LogP contribution < -0.4 is 20.1 Å². The Hall–Kier alpha value is -2.00. The van der Waals surface area contributed by atoms with Gasteiger partial charge < -0.3 is 24.8 Å². The van der Waals surface area contributed by atoms with Gasteiger partial charge in [0, 0.05) is 50.2 Å². The molecule has 1 fully saturated rings. The van der Waals surface area contributed by atoms with Gasteiger partial charge in [0.2, 0.25) is 0 Å². The molecule has 2 N–H and O–H groups in total. The molecule has 0 aliphatic carbocycles. The van der Waals surface area contributed by atoms with Crippen LogP contribution in [0.1, 0.15) is 49.5 Å². The summed E-state index contributed by atoms with van der Waals surface area (Å²) in [5, 5.41) is 6.95. The lowest BCUT2D eigenvalue weighted by Crippen LogP contribution is -2.41. The Kier molecular flexibility index (Phi) is 9.67. The van der Waals surface area contributed by atoms with Gasteiger partial charge in [0.05, 0.1) is 12.7 Å². The predicted octanol–water partition coefficient (Wildman–Crippen LogP) is 4.86. The van der Waals surface area contributed by atoms with Crippen molar-refractivity contribution in [3.05, 3.63) is 59.2 Å². The van der Waals surface area contributed by atoms with Crippen LogP contribution in [0.2, 0.25) is 0 Å². The molecule has 0 amide bonds. The highest BCUT2D eigenvalue weighted by Gasteiger charge is 2.27. The van der Waals surface area contributed by atoms with Gasteiger partial charge in [-0.1, -0.05) is 30.3 Å². The Morgan fingerprint density at radius 1 is 1.18 bits per heavy atom. The first-order chi connectivity index (χ1) is 15.7. The summed E-state index contributed by atoms with van der Waals surface area (Å²) in [6, 6.07) is 14.7. The van der Waals surface area contributed by atoms with Crippen LogP contribution in [0.5, 0.6) is 11.5 Å². The van der Waals surface area contributed by atoms with Crippen molar-refractivity contribution < 1.29 is 14.2 Å². The monoisotopic (exact) mass is 565 g/mol. The molecule has 3 unspecified atom stereocenters. The minimum absolute atomic E-state index is 0. The molecule has 7 heteroatoms. The summed E-state index contributed by atoms with van der Waals surface area (Å²) in [5.41, 5.74) is 3.54. The van der Waals surface area contributed by atoms with Crippen LogP contribution in [0, 0.1) is 5.92 Å². The highest BCUT2D eigenvalue weighted by Crippen LogP contribution is 2.35. The van der Waals surface area contributed by atoms with E-state index in [2.05, 4.69) is 58.9 Å². The van der Waals surface area contributed by atoms with Crippen molar-refractivity contribution in [2.75, 3.05) is 26.8 Å². The van der Waals surface area contributed by atoms with E-state index in [4.69, 9.17) is 14.2 Å². The summed E-state index contributed by atoms with van der Waals surface area (Å²) in [5.74, 6) is 3.06. The Morgan fingerprint density at radius 3 is 2.76 bits per heavy atom. The summed E-state index contributed by atoms with van der Waals surface area (Å²) in [4.78, 5) is 4.43. The van der Waals surface area contributed by atoms with E-state index in [9.17, 15) is 0 Å². The molecule has 2 heterocycles. The van der Waals surface area contributed by atoms with Gasteiger partial charge in [-0.05, 0) is 44.4 Å². The third kappa shape index (κ3) is 6.53. The van der Waals surface area contributed by atoms with Crippen LogP contribution >= 0.6 is 24.0 Å². The maximum absolute atomic E-state index is 6.14. The second kappa shape index (κ2) is 12.5. The van der Waals surface area contributed by atoms with Crippen molar-refractivity contribution >= 4 is 29.9 Å². The van der Waals surface area contributed by atoms with E-state index < -0.39 is 0 Å². The molecule has 0 bridgehead atoms. The van der Waals surface area contributed by atoms with E-state index in [1.165, 1.54) is 11.1 Å². The van der Waals surface area contributed by atoms with Crippen molar-refractivity contribution in [2.24, 2.45) is 10.9 Å². The average Bonchev–Trinajstić information content (AvgIpc) is 3.19. The van der Waals surface area contributed by atoms with Crippen LogP contribution in [0.15, 0.2) is 47.5 Å². The van der Waals surface area contributed by atoms with Crippen LogP contribution in [0.4, 0.5) is 0 Å². The SMILES string of the molecule is CCOc1cc2c(cc1CNC(=NC)NCC1CCCOC1c1ccccc1)OC(C)C2.I. The molecule has 2 aliphatic heterocycles. The van der Waals surface area contributed by atoms with Crippen molar-refractivity contribution in [2.45, 2.75) is 51.9 Å². The van der Waals surface area contributed by atoms with Crippen molar-refractivity contribution in [3.63, 3.8) is 0 Å². The minimum Gasteiger partial charge on any atom is -0.494 e. The lowest BCUT2D eigenvalue weighted by atomic mass is 9.89. The molecule has 1 saturated heterocycles. The first-order valence-electron chi connectivity index (χ1n) is 11.7. The number of benzene rings is 2. The Bertz CT molecular complexity index is 922. The zero-order valence-corrected chi connectivity index (χ0v) is 22.1.